The van der Waals surface area contributed by atoms with E-state index in [0.29, 0.717) is 4.96 Å². The summed E-state index contributed by atoms with van der Waals surface area (Å²) < 4.78 is 1.32. The summed E-state index contributed by atoms with van der Waals surface area (Å²) in [5.74, 6) is -0.682. The molecule has 19 heavy (non-hydrogen) atoms. The molecule has 5 nitrogen and oxygen atoms in total. The number of carbonyl (C=O) groups is 1. The molecule has 0 unspecified atom stereocenters. The number of rotatable bonds is 2. The lowest BCUT2D eigenvalue weighted by molar-refractivity contribution is 0.103. The molecule has 0 atom stereocenters. The van der Waals surface area contributed by atoms with Crippen molar-refractivity contribution in [2.75, 3.05) is 0 Å². The summed E-state index contributed by atoms with van der Waals surface area (Å²) in [4.78, 5) is 29.0. The van der Waals surface area contributed by atoms with Crippen molar-refractivity contribution in [1.82, 2.24) is 9.38 Å². The molecule has 0 saturated heterocycles. The van der Waals surface area contributed by atoms with Gasteiger partial charge in [0.05, 0.1) is 5.56 Å². The van der Waals surface area contributed by atoms with Crippen molar-refractivity contribution in [2.45, 2.75) is 0 Å². The molecule has 0 spiro atoms. The highest BCUT2D eigenvalue weighted by molar-refractivity contribution is 7.15. The predicted octanol–water partition coefficient (Wildman–Crippen LogP) is 1.69. The molecule has 1 N–H and O–H groups in total. The fourth-order valence-corrected chi connectivity index (χ4v) is 2.47. The fraction of sp³-hybridized carbons (Fsp3) is 0. The summed E-state index contributed by atoms with van der Waals surface area (Å²) in [6.07, 6.45) is 2.82. The van der Waals surface area contributed by atoms with Gasteiger partial charge in [-0.2, -0.15) is 0 Å². The van der Waals surface area contributed by atoms with Gasteiger partial charge in [0.2, 0.25) is 5.78 Å². The van der Waals surface area contributed by atoms with Crippen LogP contribution in [-0.2, 0) is 0 Å². The van der Waals surface area contributed by atoms with Crippen molar-refractivity contribution < 1.29 is 9.90 Å². The number of aromatic hydroxyl groups is 1. The Morgan fingerprint density at radius 3 is 2.84 bits per heavy atom. The third kappa shape index (κ3) is 1.82. The number of thiazole rings is 1. The van der Waals surface area contributed by atoms with Gasteiger partial charge in [-0.3, -0.25) is 14.0 Å². The van der Waals surface area contributed by atoms with Crippen LogP contribution in [0.3, 0.4) is 0 Å². The quantitative estimate of drug-likeness (QED) is 0.721. The van der Waals surface area contributed by atoms with Crippen molar-refractivity contribution in [3.63, 3.8) is 0 Å². The van der Waals surface area contributed by atoms with Crippen LogP contribution in [0.15, 0.2) is 46.8 Å². The van der Waals surface area contributed by atoms with Crippen LogP contribution in [0.4, 0.5) is 0 Å². The van der Waals surface area contributed by atoms with Gasteiger partial charge in [0, 0.05) is 17.8 Å². The van der Waals surface area contributed by atoms with Crippen LogP contribution in [0.5, 0.6) is 5.75 Å². The van der Waals surface area contributed by atoms with Crippen LogP contribution in [0, 0.1) is 0 Å². The van der Waals surface area contributed by atoms with E-state index in [1.807, 2.05) is 0 Å². The number of para-hydroxylation sites is 1. The van der Waals surface area contributed by atoms with E-state index in [9.17, 15) is 14.7 Å². The minimum absolute atomic E-state index is 0.0580. The molecule has 0 radical (unpaired) electrons. The van der Waals surface area contributed by atoms with E-state index in [1.165, 1.54) is 34.1 Å². The summed E-state index contributed by atoms with van der Waals surface area (Å²) in [5.41, 5.74) is -0.395. The third-order valence-electron chi connectivity index (χ3n) is 2.74. The van der Waals surface area contributed by atoms with Gasteiger partial charge in [-0.15, -0.1) is 11.3 Å². The number of phenolic OH excluding ortho intramolecular Hbond substituents is 1. The van der Waals surface area contributed by atoms with Crippen LogP contribution < -0.4 is 5.56 Å². The Labute approximate surface area is 111 Å². The lowest BCUT2D eigenvalue weighted by atomic mass is 10.1. The normalized spacial score (nSPS) is 10.7. The van der Waals surface area contributed by atoms with Gasteiger partial charge in [0.1, 0.15) is 11.3 Å². The molecule has 0 saturated carbocycles. The Morgan fingerprint density at radius 2 is 2.05 bits per heavy atom. The van der Waals surface area contributed by atoms with Gasteiger partial charge >= 0.3 is 0 Å². The lowest BCUT2D eigenvalue weighted by Gasteiger charge is -2.03. The van der Waals surface area contributed by atoms with Gasteiger partial charge in [0.25, 0.3) is 5.56 Å². The SMILES string of the molecule is O=C(c1ccccc1O)c1cnc2sccn2c1=O. The van der Waals surface area contributed by atoms with Crippen LogP contribution in [0.1, 0.15) is 15.9 Å². The fourth-order valence-electron chi connectivity index (χ4n) is 1.79. The maximum absolute atomic E-state index is 12.2. The number of hydrogen-bond donors (Lipinski definition) is 1. The third-order valence-corrected chi connectivity index (χ3v) is 3.51. The molecule has 6 heteroatoms. The number of nitrogens with zero attached hydrogens (tertiary/aromatic N) is 2. The zero-order valence-electron chi connectivity index (χ0n) is 9.61. The smallest absolute Gasteiger partial charge is 0.269 e. The second kappa shape index (κ2) is 4.33. The molecule has 0 aliphatic heterocycles. The van der Waals surface area contributed by atoms with Crippen molar-refractivity contribution in [1.29, 1.82) is 0 Å². The molecule has 1 aromatic carbocycles. The first-order valence-corrected chi connectivity index (χ1v) is 6.34. The molecule has 0 bridgehead atoms. The topological polar surface area (TPSA) is 71.7 Å². The molecule has 2 heterocycles. The number of hydrogen-bond acceptors (Lipinski definition) is 5. The number of carbonyl (C=O) groups excluding carboxylic acids is 1. The summed E-state index contributed by atoms with van der Waals surface area (Å²) in [6, 6.07) is 6.11. The monoisotopic (exact) mass is 272 g/mol. The summed E-state index contributed by atoms with van der Waals surface area (Å²) in [5, 5.41) is 11.4. The summed E-state index contributed by atoms with van der Waals surface area (Å²) in [6.45, 7) is 0. The van der Waals surface area contributed by atoms with Crippen molar-refractivity contribution in [2.24, 2.45) is 0 Å². The largest absolute Gasteiger partial charge is 0.507 e. The standard InChI is InChI=1S/C13H8N2O3S/c16-10-4-2-1-3-8(10)11(17)9-7-14-13-15(12(9)18)5-6-19-13/h1-7,16H. The highest BCUT2D eigenvalue weighted by Crippen LogP contribution is 2.18. The zero-order valence-corrected chi connectivity index (χ0v) is 10.4. The van der Waals surface area contributed by atoms with Gasteiger partial charge in [-0.05, 0) is 12.1 Å². The Bertz CT molecular complexity index is 835. The van der Waals surface area contributed by atoms with E-state index in [0.717, 1.165) is 0 Å². The second-order valence-corrected chi connectivity index (χ2v) is 4.75. The number of ketones is 1. The van der Waals surface area contributed by atoms with Gasteiger partial charge in [0.15, 0.2) is 4.96 Å². The second-order valence-electron chi connectivity index (χ2n) is 3.88. The van der Waals surface area contributed by atoms with E-state index in [2.05, 4.69) is 4.98 Å². The van der Waals surface area contributed by atoms with Crippen LogP contribution in [-0.4, -0.2) is 20.3 Å². The molecular weight excluding hydrogens is 264 g/mol. The number of aromatic nitrogens is 2. The van der Waals surface area contributed by atoms with Gasteiger partial charge < -0.3 is 5.11 Å². The molecule has 3 aromatic rings. The maximum atomic E-state index is 12.2. The highest BCUT2D eigenvalue weighted by Gasteiger charge is 2.18. The highest BCUT2D eigenvalue weighted by atomic mass is 32.1. The molecular formula is C13H8N2O3S. The van der Waals surface area contributed by atoms with E-state index >= 15 is 0 Å². The van der Waals surface area contributed by atoms with Crippen molar-refractivity contribution >= 4 is 22.1 Å². The molecule has 2 aromatic heterocycles. The average molecular weight is 272 g/mol. The summed E-state index contributed by atoms with van der Waals surface area (Å²) >= 11 is 1.31. The molecule has 0 amide bonds. The number of benzene rings is 1. The van der Waals surface area contributed by atoms with Crippen LogP contribution in [0.25, 0.3) is 4.96 Å². The van der Waals surface area contributed by atoms with Crippen LogP contribution >= 0.6 is 11.3 Å². The Kier molecular flexibility index (Phi) is 2.64. The summed E-state index contributed by atoms with van der Waals surface area (Å²) in [7, 11) is 0. The molecule has 0 aliphatic carbocycles. The lowest BCUT2D eigenvalue weighted by Crippen LogP contribution is -2.22. The first-order valence-electron chi connectivity index (χ1n) is 5.46. The van der Waals surface area contributed by atoms with Crippen molar-refractivity contribution in [3.8, 4) is 5.75 Å². The minimum atomic E-state index is -0.531. The number of fused-ring (bicyclic) bond motifs is 1. The van der Waals surface area contributed by atoms with Gasteiger partial charge in [-0.25, -0.2) is 4.98 Å². The van der Waals surface area contributed by atoms with E-state index < -0.39 is 11.3 Å². The Morgan fingerprint density at radius 1 is 1.26 bits per heavy atom. The maximum Gasteiger partial charge on any atom is 0.269 e. The molecule has 94 valence electrons. The molecule has 0 fully saturated rings. The predicted molar refractivity (Wildman–Crippen MR) is 70.9 cm³/mol. The van der Waals surface area contributed by atoms with Crippen molar-refractivity contribution in [3.05, 3.63) is 63.5 Å². The molecule has 3 rings (SSSR count). The van der Waals surface area contributed by atoms with Crippen LogP contribution in [0.2, 0.25) is 0 Å². The molecule has 0 aliphatic rings. The minimum Gasteiger partial charge on any atom is -0.507 e. The van der Waals surface area contributed by atoms with E-state index in [4.69, 9.17) is 0 Å². The van der Waals surface area contributed by atoms with E-state index in [-0.39, 0.29) is 16.9 Å². The Hall–Kier alpha value is -2.47. The van der Waals surface area contributed by atoms with Gasteiger partial charge in [-0.1, -0.05) is 12.1 Å². The number of phenols is 1. The average Bonchev–Trinajstić information content (AvgIpc) is 2.88. The van der Waals surface area contributed by atoms with E-state index in [1.54, 1.807) is 23.7 Å². The first-order chi connectivity index (χ1) is 9.18. The Balaban J connectivity index is 2.20. The first kappa shape index (κ1) is 11.6. The zero-order chi connectivity index (χ0) is 13.4.